The van der Waals surface area contributed by atoms with Crippen LogP contribution < -0.4 is 11.1 Å². The molecule has 0 radical (unpaired) electrons. The molecule has 0 unspecified atom stereocenters. The molecule has 0 saturated carbocycles. The van der Waals surface area contributed by atoms with Crippen LogP contribution in [0.4, 0.5) is 5.69 Å². The molecule has 20 heavy (non-hydrogen) atoms. The number of anilines is 1. The zero-order chi connectivity index (χ0) is 14.7. The molecule has 4 N–H and O–H groups in total. The lowest BCUT2D eigenvalue weighted by Crippen LogP contribution is -2.23. The molecule has 1 amide bonds. The maximum absolute atomic E-state index is 12.0. The summed E-state index contributed by atoms with van der Waals surface area (Å²) >= 11 is 5.77. The van der Waals surface area contributed by atoms with E-state index in [4.69, 9.17) is 17.3 Å². The fraction of sp³-hybridized carbons (Fsp3) is 0.133. The lowest BCUT2D eigenvalue weighted by atomic mass is 10.1. The Morgan fingerprint density at radius 3 is 2.80 bits per heavy atom. The van der Waals surface area contributed by atoms with E-state index in [0.29, 0.717) is 17.8 Å². The third-order valence-electron chi connectivity index (χ3n) is 3.14. The van der Waals surface area contributed by atoms with Crippen molar-refractivity contribution in [2.75, 3.05) is 5.73 Å². The Bertz CT molecular complexity index is 656. The van der Waals surface area contributed by atoms with Gasteiger partial charge < -0.3 is 16.2 Å². The van der Waals surface area contributed by atoms with Crippen LogP contribution in [-0.2, 0) is 6.54 Å². The van der Waals surface area contributed by atoms with Gasteiger partial charge in [-0.3, -0.25) is 4.79 Å². The molecule has 0 spiro atoms. The maximum Gasteiger partial charge on any atom is 0.251 e. The highest BCUT2D eigenvalue weighted by Crippen LogP contribution is 2.23. The number of amides is 1. The van der Waals surface area contributed by atoms with E-state index < -0.39 is 0 Å². The summed E-state index contributed by atoms with van der Waals surface area (Å²) in [6.07, 6.45) is 0. The molecule has 2 rings (SSSR count). The first-order chi connectivity index (χ1) is 9.49. The molecule has 0 aliphatic heterocycles. The van der Waals surface area contributed by atoms with Gasteiger partial charge in [0.25, 0.3) is 5.91 Å². The minimum atomic E-state index is -0.256. The summed E-state index contributed by atoms with van der Waals surface area (Å²) in [4.78, 5) is 12.0. The summed E-state index contributed by atoms with van der Waals surface area (Å²) in [5, 5.41) is 12.3. The van der Waals surface area contributed by atoms with Gasteiger partial charge in [-0.05, 0) is 42.3 Å². The van der Waals surface area contributed by atoms with Crippen LogP contribution in [0, 0.1) is 6.92 Å². The van der Waals surface area contributed by atoms with Gasteiger partial charge in [-0.25, -0.2) is 0 Å². The van der Waals surface area contributed by atoms with Gasteiger partial charge in [0.2, 0.25) is 0 Å². The van der Waals surface area contributed by atoms with Crippen LogP contribution in [0.5, 0.6) is 5.75 Å². The Kier molecular flexibility index (Phi) is 4.15. The third-order valence-corrected chi connectivity index (χ3v) is 3.44. The Balaban J connectivity index is 2.08. The number of hydrogen-bond donors (Lipinski definition) is 3. The maximum atomic E-state index is 12.0. The number of nitrogen functional groups attached to an aromatic ring is 1. The molecular formula is C15H15ClN2O2. The summed E-state index contributed by atoms with van der Waals surface area (Å²) < 4.78 is 0. The molecule has 0 aliphatic rings. The highest BCUT2D eigenvalue weighted by Gasteiger charge is 2.09. The van der Waals surface area contributed by atoms with Gasteiger partial charge in [-0.2, -0.15) is 0 Å². The number of phenolic OH excluding ortho intramolecular Hbond substituents is 1. The van der Waals surface area contributed by atoms with Crippen LogP contribution in [0.25, 0.3) is 0 Å². The highest BCUT2D eigenvalue weighted by atomic mass is 35.5. The molecule has 0 saturated heterocycles. The van der Waals surface area contributed by atoms with Crippen molar-refractivity contribution in [1.82, 2.24) is 5.32 Å². The van der Waals surface area contributed by atoms with E-state index in [2.05, 4.69) is 5.32 Å². The average molecular weight is 291 g/mol. The largest absolute Gasteiger partial charge is 0.506 e. The molecule has 0 atom stereocenters. The van der Waals surface area contributed by atoms with Gasteiger partial charge in [-0.1, -0.05) is 23.7 Å². The molecule has 0 fully saturated rings. The molecular weight excluding hydrogens is 276 g/mol. The smallest absolute Gasteiger partial charge is 0.251 e. The summed E-state index contributed by atoms with van der Waals surface area (Å²) in [6, 6.07) is 9.92. The van der Waals surface area contributed by atoms with Crippen LogP contribution in [0.2, 0.25) is 5.02 Å². The number of phenols is 1. The number of benzene rings is 2. The van der Waals surface area contributed by atoms with E-state index in [-0.39, 0.29) is 16.7 Å². The first-order valence-corrected chi connectivity index (χ1v) is 6.47. The molecule has 0 heterocycles. The zero-order valence-corrected chi connectivity index (χ0v) is 11.7. The average Bonchev–Trinajstić information content (AvgIpc) is 2.43. The van der Waals surface area contributed by atoms with Gasteiger partial charge in [-0.15, -0.1) is 0 Å². The predicted octanol–water partition coefficient (Wildman–Crippen LogP) is 2.87. The van der Waals surface area contributed by atoms with E-state index in [1.807, 2.05) is 25.1 Å². The van der Waals surface area contributed by atoms with Crippen molar-refractivity contribution in [2.45, 2.75) is 13.5 Å². The second kappa shape index (κ2) is 5.84. The lowest BCUT2D eigenvalue weighted by molar-refractivity contribution is 0.0951. The van der Waals surface area contributed by atoms with E-state index >= 15 is 0 Å². The lowest BCUT2D eigenvalue weighted by Gasteiger charge is -2.10. The standard InChI is InChI=1S/C15H15ClN2O2/c1-9-11(3-2-4-13(9)17)8-18-15(20)10-5-6-14(19)12(16)7-10/h2-7,19H,8,17H2,1H3,(H,18,20). The summed E-state index contributed by atoms with van der Waals surface area (Å²) in [5.74, 6) is -0.302. The van der Waals surface area contributed by atoms with Crippen molar-refractivity contribution in [2.24, 2.45) is 0 Å². The number of rotatable bonds is 3. The minimum Gasteiger partial charge on any atom is -0.506 e. The Morgan fingerprint density at radius 2 is 2.10 bits per heavy atom. The topological polar surface area (TPSA) is 75.3 Å². The van der Waals surface area contributed by atoms with Gasteiger partial charge in [0.15, 0.2) is 0 Å². The fourth-order valence-corrected chi connectivity index (χ4v) is 2.00. The number of nitrogens with one attached hydrogen (secondary N) is 1. The van der Waals surface area contributed by atoms with Crippen molar-refractivity contribution < 1.29 is 9.90 Å². The number of carbonyl (C=O) groups is 1. The molecule has 5 heteroatoms. The second-order valence-electron chi connectivity index (χ2n) is 4.48. The summed E-state index contributed by atoms with van der Waals surface area (Å²) in [7, 11) is 0. The van der Waals surface area contributed by atoms with Crippen molar-refractivity contribution in [3.63, 3.8) is 0 Å². The van der Waals surface area contributed by atoms with Crippen molar-refractivity contribution in [3.05, 3.63) is 58.1 Å². The van der Waals surface area contributed by atoms with Crippen LogP contribution in [-0.4, -0.2) is 11.0 Å². The van der Waals surface area contributed by atoms with Crippen LogP contribution in [0.1, 0.15) is 21.5 Å². The van der Waals surface area contributed by atoms with Crippen LogP contribution in [0.3, 0.4) is 0 Å². The van der Waals surface area contributed by atoms with Crippen LogP contribution in [0.15, 0.2) is 36.4 Å². The first kappa shape index (κ1) is 14.2. The summed E-state index contributed by atoms with van der Waals surface area (Å²) in [5.41, 5.74) is 8.83. The van der Waals surface area contributed by atoms with E-state index in [0.717, 1.165) is 11.1 Å². The summed E-state index contributed by atoms with van der Waals surface area (Å²) in [6.45, 7) is 2.29. The molecule has 2 aromatic carbocycles. The van der Waals surface area contributed by atoms with Gasteiger partial charge in [0.1, 0.15) is 5.75 Å². The number of hydrogen-bond acceptors (Lipinski definition) is 3. The van der Waals surface area contributed by atoms with Gasteiger partial charge in [0.05, 0.1) is 5.02 Å². The normalized spacial score (nSPS) is 10.3. The number of carbonyl (C=O) groups excluding carboxylic acids is 1. The Hall–Kier alpha value is -2.20. The zero-order valence-electron chi connectivity index (χ0n) is 11.0. The first-order valence-electron chi connectivity index (χ1n) is 6.09. The minimum absolute atomic E-state index is 0.0464. The molecule has 0 aliphatic carbocycles. The van der Waals surface area contributed by atoms with Crippen molar-refractivity contribution in [3.8, 4) is 5.75 Å². The monoisotopic (exact) mass is 290 g/mol. The van der Waals surface area contributed by atoms with Crippen LogP contribution >= 0.6 is 11.6 Å². The van der Waals surface area contributed by atoms with E-state index in [1.54, 1.807) is 0 Å². The van der Waals surface area contributed by atoms with E-state index in [1.165, 1.54) is 18.2 Å². The molecule has 2 aromatic rings. The third kappa shape index (κ3) is 3.03. The van der Waals surface area contributed by atoms with Gasteiger partial charge >= 0.3 is 0 Å². The number of nitrogens with two attached hydrogens (primary N) is 1. The predicted molar refractivity (Wildman–Crippen MR) is 79.9 cm³/mol. The van der Waals surface area contributed by atoms with E-state index in [9.17, 15) is 9.90 Å². The fourth-order valence-electron chi connectivity index (χ4n) is 1.82. The van der Waals surface area contributed by atoms with Crippen molar-refractivity contribution in [1.29, 1.82) is 0 Å². The molecule has 0 bridgehead atoms. The SMILES string of the molecule is Cc1c(N)cccc1CNC(=O)c1ccc(O)c(Cl)c1. The molecule has 4 nitrogen and oxygen atoms in total. The van der Waals surface area contributed by atoms with Gasteiger partial charge in [0, 0.05) is 17.8 Å². The molecule has 0 aromatic heterocycles. The Morgan fingerprint density at radius 1 is 1.35 bits per heavy atom. The quantitative estimate of drug-likeness (QED) is 0.761. The second-order valence-corrected chi connectivity index (χ2v) is 4.89. The Labute approximate surface area is 122 Å². The number of halogens is 1. The number of aromatic hydroxyl groups is 1. The van der Waals surface area contributed by atoms with Crippen molar-refractivity contribution >= 4 is 23.2 Å². The molecule has 104 valence electrons. The highest BCUT2D eigenvalue weighted by molar-refractivity contribution is 6.32.